The van der Waals surface area contributed by atoms with Crippen LogP contribution in [-0.4, -0.2) is 37.4 Å². The van der Waals surface area contributed by atoms with E-state index >= 15 is 0 Å². The first-order chi connectivity index (χ1) is 15.9. The van der Waals surface area contributed by atoms with Crippen molar-refractivity contribution >= 4 is 57.7 Å². The summed E-state index contributed by atoms with van der Waals surface area (Å²) in [6, 6.07) is 14.2. The second kappa shape index (κ2) is 9.99. The molecule has 2 heterocycles. The van der Waals surface area contributed by atoms with Gasteiger partial charge in [0.1, 0.15) is 5.82 Å². The third-order valence-corrected chi connectivity index (χ3v) is 7.35. The van der Waals surface area contributed by atoms with Gasteiger partial charge in [0.15, 0.2) is 5.54 Å². The van der Waals surface area contributed by atoms with Gasteiger partial charge in [0.05, 0.1) is 23.9 Å². The molecule has 33 heavy (non-hydrogen) atoms. The van der Waals surface area contributed by atoms with Crippen molar-refractivity contribution in [2.45, 2.75) is 18.4 Å². The van der Waals surface area contributed by atoms with Gasteiger partial charge in [-0.25, -0.2) is 9.40 Å². The number of benzene rings is 2. The van der Waals surface area contributed by atoms with Crippen LogP contribution in [0.1, 0.15) is 24.0 Å². The number of nitrogens with one attached hydrogen (secondary N) is 1. The van der Waals surface area contributed by atoms with E-state index in [0.717, 1.165) is 33.1 Å². The Morgan fingerprint density at radius 3 is 2.64 bits per heavy atom. The maximum absolute atomic E-state index is 13.8. The van der Waals surface area contributed by atoms with E-state index in [4.69, 9.17) is 9.84 Å². The number of methoxy groups -OCH3 is 1. The third-order valence-electron chi connectivity index (χ3n) is 5.83. The summed E-state index contributed by atoms with van der Waals surface area (Å²) in [7, 11) is 7.03. The molecule has 0 fully saturated rings. The number of anilines is 1. The lowest BCUT2D eigenvalue weighted by molar-refractivity contribution is -0.126. The van der Waals surface area contributed by atoms with Crippen LogP contribution in [0.5, 0.6) is 0 Å². The predicted molar refractivity (Wildman–Crippen MR) is 141 cm³/mol. The van der Waals surface area contributed by atoms with Crippen molar-refractivity contribution in [1.82, 2.24) is 5.32 Å². The van der Waals surface area contributed by atoms with Crippen LogP contribution in [0, 0.1) is 5.82 Å². The molecular formula is C24H26FN3O2P2S. The molecule has 1 amide bonds. The fraction of sp³-hybridized carbons (Fsp3) is 0.250. The molecule has 4 unspecified atom stereocenters. The molecule has 4 atom stereocenters. The Morgan fingerprint density at radius 1 is 1.24 bits per heavy atom. The first kappa shape index (κ1) is 24.0. The summed E-state index contributed by atoms with van der Waals surface area (Å²) in [5.74, 6) is -0.836. The Hall–Kier alpha value is -2.17. The van der Waals surface area contributed by atoms with Gasteiger partial charge in [-0.1, -0.05) is 18.2 Å². The predicted octanol–water partition coefficient (Wildman–Crippen LogP) is 3.42. The molecule has 0 bridgehead atoms. The van der Waals surface area contributed by atoms with Crippen molar-refractivity contribution in [2.75, 3.05) is 25.3 Å². The monoisotopic (exact) mass is 501 g/mol. The smallest absolute Gasteiger partial charge is 0.248 e. The first-order valence-corrected chi connectivity index (χ1v) is 12.5. The van der Waals surface area contributed by atoms with Gasteiger partial charge in [0, 0.05) is 13.7 Å². The molecule has 0 saturated carbocycles. The molecule has 4 rings (SSSR count). The summed E-state index contributed by atoms with van der Waals surface area (Å²) in [4.78, 5) is 13.8. The summed E-state index contributed by atoms with van der Waals surface area (Å²) in [6.07, 6.45) is 0. The molecule has 0 saturated heterocycles. The first-order valence-electron chi connectivity index (χ1n) is 10.4. The Morgan fingerprint density at radius 2 is 2.00 bits per heavy atom. The lowest BCUT2D eigenvalue weighted by atomic mass is 9.76. The van der Waals surface area contributed by atoms with Gasteiger partial charge in [-0.05, 0) is 69.8 Å². The van der Waals surface area contributed by atoms with Crippen molar-refractivity contribution in [3.05, 3.63) is 76.2 Å². The van der Waals surface area contributed by atoms with Crippen LogP contribution >= 0.6 is 29.8 Å². The summed E-state index contributed by atoms with van der Waals surface area (Å²) in [5.41, 5.74) is 2.23. The molecule has 1 aliphatic heterocycles. The van der Waals surface area contributed by atoms with Crippen molar-refractivity contribution in [1.29, 1.82) is 0 Å². The average molecular weight is 502 g/mol. The quantitative estimate of drug-likeness (QED) is 0.399. The van der Waals surface area contributed by atoms with Crippen molar-refractivity contribution in [3.8, 4) is 0 Å². The zero-order valence-corrected chi connectivity index (χ0v) is 21.5. The summed E-state index contributed by atoms with van der Waals surface area (Å²) < 4.78 is 18.8. The summed E-state index contributed by atoms with van der Waals surface area (Å²) in [5, 5.41) is 15.8. The molecule has 9 heteroatoms. The van der Waals surface area contributed by atoms with Crippen LogP contribution in [-0.2, 0) is 9.53 Å². The highest BCUT2D eigenvalue weighted by molar-refractivity contribution is 7.29. The van der Waals surface area contributed by atoms with Crippen LogP contribution in [0.15, 0.2) is 64.4 Å². The Labute approximate surface area is 201 Å². The minimum Gasteiger partial charge on any atom is -0.383 e. The lowest BCUT2D eigenvalue weighted by Crippen LogP contribution is -2.57. The Kier molecular flexibility index (Phi) is 7.25. The molecule has 0 aliphatic carbocycles. The fourth-order valence-electron chi connectivity index (χ4n) is 4.17. The highest BCUT2D eigenvalue weighted by Gasteiger charge is 2.55. The molecule has 0 radical (unpaired) electrons. The van der Waals surface area contributed by atoms with Gasteiger partial charge < -0.3 is 10.1 Å². The van der Waals surface area contributed by atoms with Gasteiger partial charge in [0.25, 0.3) is 0 Å². The highest BCUT2D eigenvalue weighted by Crippen LogP contribution is 2.45. The second-order valence-corrected chi connectivity index (χ2v) is 10.1. The van der Waals surface area contributed by atoms with E-state index in [9.17, 15) is 9.18 Å². The molecule has 5 nitrogen and oxygen atoms in total. The molecule has 1 aliphatic rings. The van der Waals surface area contributed by atoms with E-state index in [1.807, 2.05) is 47.0 Å². The number of ether oxygens (including phenoxy) is 1. The number of thiophene rings is 1. The number of hydrazone groups is 1. The van der Waals surface area contributed by atoms with E-state index in [-0.39, 0.29) is 17.6 Å². The number of halogens is 1. The van der Waals surface area contributed by atoms with Crippen LogP contribution < -0.4 is 20.9 Å². The lowest BCUT2D eigenvalue weighted by Gasteiger charge is -2.38. The number of carbonyl (C=O) groups excluding carboxylic acids is 1. The maximum Gasteiger partial charge on any atom is 0.248 e. The topological polar surface area (TPSA) is 53.9 Å². The van der Waals surface area contributed by atoms with Crippen molar-refractivity contribution in [2.24, 2.45) is 5.10 Å². The van der Waals surface area contributed by atoms with Gasteiger partial charge in [-0.15, -0.1) is 18.5 Å². The standard InChI is InChI=1S/C24H26FN3O2P2S/c1-24(23(29)26-10-11-30-2)21(16-9-12-33-14-16)22(15-3-5-17(25)6-4-15)27-28(24)19-8-7-18(31)13-20(19)32/h3-9,12-14,21H,10-11,31-32H2,1-2H3,(H,26,29). The zero-order valence-electron chi connectivity index (χ0n) is 18.4. The van der Waals surface area contributed by atoms with E-state index < -0.39 is 5.54 Å². The Balaban J connectivity index is 1.90. The second-order valence-electron chi connectivity index (χ2n) is 8.01. The number of rotatable bonds is 7. The summed E-state index contributed by atoms with van der Waals surface area (Å²) >= 11 is 1.57. The number of carbonyl (C=O) groups is 1. The molecule has 1 aromatic heterocycles. The maximum atomic E-state index is 13.8. The van der Waals surface area contributed by atoms with Crippen molar-refractivity contribution in [3.63, 3.8) is 0 Å². The van der Waals surface area contributed by atoms with Gasteiger partial charge >= 0.3 is 0 Å². The van der Waals surface area contributed by atoms with Gasteiger partial charge in [-0.2, -0.15) is 16.4 Å². The molecular weight excluding hydrogens is 475 g/mol. The zero-order chi connectivity index (χ0) is 23.6. The molecule has 172 valence electrons. The minimum atomic E-state index is -1.06. The third kappa shape index (κ3) is 4.61. The molecule has 1 N–H and O–H groups in total. The average Bonchev–Trinajstić information content (AvgIpc) is 3.41. The fourth-order valence-corrected chi connectivity index (χ4v) is 5.73. The molecule has 2 aromatic carbocycles. The number of nitrogens with zero attached hydrogens (tertiary/aromatic N) is 2. The number of hydrogen-bond acceptors (Lipinski definition) is 5. The van der Waals surface area contributed by atoms with Crippen LogP contribution in [0.4, 0.5) is 10.1 Å². The van der Waals surface area contributed by atoms with Crippen molar-refractivity contribution < 1.29 is 13.9 Å². The largest absolute Gasteiger partial charge is 0.383 e. The van der Waals surface area contributed by atoms with Crippen LogP contribution in [0.2, 0.25) is 0 Å². The SMILES string of the molecule is COCCNC(=O)C1(C)C(c2ccsc2)C(c2ccc(F)cc2)=NN1c1ccc(P)cc1P. The number of hydrogen-bond donors (Lipinski definition) is 1. The van der Waals surface area contributed by atoms with E-state index in [1.54, 1.807) is 30.6 Å². The van der Waals surface area contributed by atoms with Crippen LogP contribution in [0.3, 0.4) is 0 Å². The van der Waals surface area contributed by atoms with E-state index in [0.29, 0.717) is 13.2 Å². The Bertz CT molecular complexity index is 1170. The van der Waals surface area contributed by atoms with E-state index in [2.05, 4.69) is 23.8 Å². The van der Waals surface area contributed by atoms with Gasteiger partial charge in [0.2, 0.25) is 5.91 Å². The van der Waals surface area contributed by atoms with Gasteiger partial charge in [-0.3, -0.25) is 4.79 Å². The van der Waals surface area contributed by atoms with E-state index in [1.165, 1.54) is 12.1 Å². The molecule has 3 aromatic rings. The summed E-state index contributed by atoms with van der Waals surface area (Å²) in [6.45, 7) is 2.71. The highest BCUT2D eigenvalue weighted by atomic mass is 32.1. The normalized spacial score (nSPS) is 20.1. The molecule has 0 spiro atoms. The minimum absolute atomic E-state index is 0.157. The van der Waals surface area contributed by atoms with Crippen LogP contribution in [0.25, 0.3) is 0 Å². The number of amides is 1.